The molecule has 0 spiro atoms. The molecule has 1 aliphatic rings. The molecule has 0 aromatic rings. The standard InChI is InChI=1S/C13H24BrNO/c1-2-3-4-9-13(16)15-11-6-8-12(15)7-5-10-14/h12H,2-11H2,1H3. The Morgan fingerprint density at radius 3 is 2.88 bits per heavy atom. The molecule has 0 saturated carbocycles. The van der Waals surface area contributed by atoms with Gasteiger partial charge in [0.1, 0.15) is 0 Å². The van der Waals surface area contributed by atoms with Crippen molar-refractivity contribution in [1.29, 1.82) is 0 Å². The van der Waals surface area contributed by atoms with Crippen LogP contribution in [0, 0.1) is 0 Å². The Morgan fingerprint density at radius 2 is 2.19 bits per heavy atom. The fourth-order valence-electron chi connectivity index (χ4n) is 2.45. The van der Waals surface area contributed by atoms with E-state index in [-0.39, 0.29) is 0 Å². The molecule has 0 aromatic carbocycles. The van der Waals surface area contributed by atoms with Crippen LogP contribution in [0.3, 0.4) is 0 Å². The van der Waals surface area contributed by atoms with Crippen molar-refractivity contribution in [3.63, 3.8) is 0 Å². The van der Waals surface area contributed by atoms with Gasteiger partial charge in [-0.05, 0) is 32.1 Å². The van der Waals surface area contributed by atoms with Crippen molar-refractivity contribution in [2.24, 2.45) is 0 Å². The number of unbranched alkanes of at least 4 members (excludes halogenated alkanes) is 2. The van der Waals surface area contributed by atoms with E-state index in [1.165, 1.54) is 38.5 Å². The van der Waals surface area contributed by atoms with Gasteiger partial charge in [0.2, 0.25) is 5.91 Å². The third-order valence-corrected chi connectivity index (χ3v) is 3.92. The van der Waals surface area contributed by atoms with Crippen LogP contribution in [0.1, 0.15) is 58.3 Å². The molecule has 0 bridgehead atoms. The third-order valence-electron chi connectivity index (χ3n) is 3.36. The van der Waals surface area contributed by atoms with Crippen molar-refractivity contribution in [3.8, 4) is 0 Å². The van der Waals surface area contributed by atoms with Gasteiger partial charge in [-0.3, -0.25) is 4.79 Å². The number of rotatable bonds is 7. The summed E-state index contributed by atoms with van der Waals surface area (Å²) in [6, 6.07) is 0.534. The Morgan fingerprint density at radius 1 is 1.38 bits per heavy atom. The minimum absolute atomic E-state index is 0.394. The molecule has 1 aliphatic heterocycles. The highest BCUT2D eigenvalue weighted by Gasteiger charge is 2.27. The lowest BCUT2D eigenvalue weighted by atomic mass is 10.1. The molecule has 1 saturated heterocycles. The zero-order valence-electron chi connectivity index (χ0n) is 10.4. The van der Waals surface area contributed by atoms with E-state index < -0.39 is 0 Å². The molecule has 2 nitrogen and oxygen atoms in total. The maximum Gasteiger partial charge on any atom is 0.222 e. The van der Waals surface area contributed by atoms with E-state index in [0.717, 1.165) is 24.7 Å². The zero-order valence-corrected chi connectivity index (χ0v) is 12.0. The summed E-state index contributed by atoms with van der Waals surface area (Å²) in [5, 5.41) is 1.06. The van der Waals surface area contributed by atoms with E-state index in [4.69, 9.17) is 0 Å². The highest BCUT2D eigenvalue weighted by molar-refractivity contribution is 9.09. The quantitative estimate of drug-likeness (QED) is 0.517. The highest BCUT2D eigenvalue weighted by Crippen LogP contribution is 2.23. The summed E-state index contributed by atoms with van der Waals surface area (Å²) in [4.78, 5) is 14.1. The first-order valence-electron chi connectivity index (χ1n) is 6.65. The average Bonchev–Trinajstić information content (AvgIpc) is 2.74. The van der Waals surface area contributed by atoms with Gasteiger partial charge in [0.15, 0.2) is 0 Å². The third kappa shape index (κ3) is 4.44. The first-order chi connectivity index (χ1) is 7.79. The average molecular weight is 290 g/mol. The summed E-state index contributed by atoms with van der Waals surface area (Å²) in [6.45, 7) is 3.18. The predicted molar refractivity (Wildman–Crippen MR) is 71.9 cm³/mol. The van der Waals surface area contributed by atoms with Gasteiger partial charge < -0.3 is 4.90 Å². The van der Waals surface area contributed by atoms with Crippen molar-refractivity contribution < 1.29 is 4.79 Å². The van der Waals surface area contributed by atoms with E-state index in [1.54, 1.807) is 0 Å². The van der Waals surface area contributed by atoms with Gasteiger partial charge in [0.05, 0.1) is 0 Å². The van der Waals surface area contributed by atoms with Crippen molar-refractivity contribution in [1.82, 2.24) is 4.90 Å². The minimum Gasteiger partial charge on any atom is -0.340 e. The largest absolute Gasteiger partial charge is 0.340 e. The number of halogens is 1. The van der Waals surface area contributed by atoms with Crippen molar-refractivity contribution in [2.45, 2.75) is 64.3 Å². The summed E-state index contributed by atoms with van der Waals surface area (Å²) in [5.74, 6) is 0.394. The molecule has 0 aliphatic carbocycles. The Bertz CT molecular complexity index is 208. The maximum absolute atomic E-state index is 12.0. The second-order valence-corrected chi connectivity index (χ2v) is 5.46. The van der Waals surface area contributed by atoms with Crippen LogP contribution >= 0.6 is 15.9 Å². The summed E-state index contributed by atoms with van der Waals surface area (Å²) >= 11 is 3.46. The second kappa shape index (κ2) is 8.10. The van der Waals surface area contributed by atoms with Gasteiger partial charge in [-0.1, -0.05) is 35.7 Å². The number of amides is 1. The van der Waals surface area contributed by atoms with E-state index in [2.05, 4.69) is 27.8 Å². The van der Waals surface area contributed by atoms with Crippen LogP contribution < -0.4 is 0 Å². The summed E-state index contributed by atoms with van der Waals surface area (Å²) < 4.78 is 0. The molecule has 1 amide bonds. The number of carbonyl (C=O) groups is 1. The fraction of sp³-hybridized carbons (Fsp3) is 0.923. The molecule has 0 radical (unpaired) electrons. The van der Waals surface area contributed by atoms with Gasteiger partial charge in [-0.2, -0.15) is 0 Å². The SMILES string of the molecule is CCCCCC(=O)N1CCCC1CCCBr. The number of hydrogen-bond acceptors (Lipinski definition) is 1. The van der Waals surface area contributed by atoms with Crippen molar-refractivity contribution in [2.75, 3.05) is 11.9 Å². The molecular formula is C13H24BrNO. The predicted octanol–water partition coefficient (Wildman–Crippen LogP) is 3.73. The smallest absolute Gasteiger partial charge is 0.222 e. The molecule has 0 aromatic heterocycles. The molecule has 1 rings (SSSR count). The van der Waals surface area contributed by atoms with Crippen LogP contribution in [-0.2, 0) is 4.79 Å². The van der Waals surface area contributed by atoms with Crippen LogP contribution in [0.4, 0.5) is 0 Å². The van der Waals surface area contributed by atoms with Gasteiger partial charge in [0.25, 0.3) is 0 Å². The number of nitrogens with zero attached hydrogens (tertiary/aromatic N) is 1. The van der Waals surface area contributed by atoms with Crippen LogP contribution in [0.25, 0.3) is 0 Å². The molecule has 3 heteroatoms. The Balaban J connectivity index is 2.29. The molecule has 1 unspecified atom stereocenters. The normalized spacial score (nSPS) is 20.4. The molecule has 1 fully saturated rings. The molecule has 16 heavy (non-hydrogen) atoms. The number of likely N-dealkylation sites (tertiary alicyclic amines) is 1. The monoisotopic (exact) mass is 289 g/mol. The lowest BCUT2D eigenvalue weighted by molar-refractivity contribution is -0.132. The Labute approximate surface area is 108 Å². The topological polar surface area (TPSA) is 20.3 Å². The molecular weight excluding hydrogens is 266 g/mol. The number of alkyl halides is 1. The zero-order chi connectivity index (χ0) is 11.8. The lowest BCUT2D eigenvalue weighted by Gasteiger charge is -2.24. The summed E-state index contributed by atoms with van der Waals surface area (Å²) in [5.41, 5.74) is 0. The van der Waals surface area contributed by atoms with Gasteiger partial charge in [-0.25, -0.2) is 0 Å². The van der Waals surface area contributed by atoms with Crippen LogP contribution in [0.2, 0.25) is 0 Å². The molecule has 1 atom stereocenters. The highest BCUT2D eigenvalue weighted by atomic mass is 79.9. The van der Waals surface area contributed by atoms with E-state index in [1.807, 2.05) is 0 Å². The van der Waals surface area contributed by atoms with Gasteiger partial charge >= 0.3 is 0 Å². The Hall–Kier alpha value is -0.0500. The fourth-order valence-corrected chi connectivity index (χ4v) is 2.77. The van der Waals surface area contributed by atoms with Crippen LogP contribution in [-0.4, -0.2) is 28.7 Å². The van der Waals surface area contributed by atoms with Gasteiger partial charge in [-0.15, -0.1) is 0 Å². The minimum atomic E-state index is 0.394. The van der Waals surface area contributed by atoms with E-state index >= 15 is 0 Å². The summed E-state index contributed by atoms with van der Waals surface area (Å²) in [7, 11) is 0. The lowest BCUT2D eigenvalue weighted by Crippen LogP contribution is -2.35. The van der Waals surface area contributed by atoms with E-state index in [9.17, 15) is 4.79 Å². The molecule has 1 heterocycles. The first kappa shape index (κ1) is 14.0. The maximum atomic E-state index is 12.0. The Kier molecular flexibility index (Phi) is 7.10. The second-order valence-electron chi connectivity index (χ2n) is 4.67. The molecule has 94 valence electrons. The van der Waals surface area contributed by atoms with Crippen molar-refractivity contribution in [3.05, 3.63) is 0 Å². The molecule has 0 N–H and O–H groups in total. The summed E-state index contributed by atoms with van der Waals surface area (Å²) in [6.07, 6.45) is 8.98. The van der Waals surface area contributed by atoms with Crippen LogP contribution in [0.15, 0.2) is 0 Å². The van der Waals surface area contributed by atoms with Crippen molar-refractivity contribution >= 4 is 21.8 Å². The van der Waals surface area contributed by atoms with Gasteiger partial charge in [0, 0.05) is 24.3 Å². The van der Waals surface area contributed by atoms with Crippen LogP contribution in [0.5, 0.6) is 0 Å². The first-order valence-corrected chi connectivity index (χ1v) is 7.77. The van der Waals surface area contributed by atoms with E-state index in [0.29, 0.717) is 11.9 Å². The number of hydrogen-bond donors (Lipinski definition) is 0. The number of carbonyl (C=O) groups excluding carboxylic acids is 1.